The quantitative estimate of drug-likeness (QED) is 0.795. The number of hydrogen-bond donors (Lipinski definition) is 2. The van der Waals surface area contributed by atoms with Gasteiger partial charge in [0.15, 0.2) is 0 Å². The maximum absolute atomic E-state index is 13.0. The molecule has 0 saturated heterocycles. The van der Waals surface area contributed by atoms with E-state index in [2.05, 4.69) is 5.32 Å². The van der Waals surface area contributed by atoms with E-state index >= 15 is 0 Å². The Balaban J connectivity index is 2.32. The lowest BCUT2D eigenvalue weighted by Crippen LogP contribution is -1.98. The average molecular weight is 262 g/mol. The number of benzene rings is 2. The summed E-state index contributed by atoms with van der Waals surface area (Å²) in [6.07, 6.45) is -1.65. The molecular weight excluding hydrogens is 246 g/mol. The van der Waals surface area contributed by atoms with Crippen molar-refractivity contribution < 1.29 is 8.78 Å². The normalized spacial score (nSPS) is 10.7. The maximum atomic E-state index is 13.0. The molecule has 3 N–H and O–H groups in total. The zero-order valence-corrected chi connectivity index (χ0v) is 10.7. The van der Waals surface area contributed by atoms with E-state index in [1.807, 2.05) is 31.2 Å². The third kappa shape index (κ3) is 3.22. The van der Waals surface area contributed by atoms with E-state index in [0.29, 0.717) is 11.4 Å². The number of halogens is 2. The van der Waals surface area contributed by atoms with Crippen LogP contribution >= 0.6 is 0 Å². The molecule has 0 fully saturated rings. The lowest BCUT2D eigenvalue weighted by molar-refractivity contribution is 0.152. The molecule has 0 bridgehead atoms. The highest BCUT2D eigenvalue weighted by molar-refractivity contribution is 5.66. The largest absolute Gasteiger partial charge is 0.399 e. The number of alkyl halides is 2. The highest BCUT2D eigenvalue weighted by atomic mass is 19.3. The van der Waals surface area contributed by atoms with Crippen molar-refractivity contribution in [1.82, 2.24) is 0 Å². The number of nitrogens with one attached hydrogen (secondary N) is 1. The first-order chi connectivity index (χ1) is 9.10. The fourth-order valence-electron chi connectivity index (χ4n) is 1.90. The molecule has 19 heavy (non-hydrogen) atoms. The van der Waals surface area contributed by atoms with E-state index in [-0.39, 0.29) is 5.56 Å². The van der Waals surface area contributed by atoms with Crippen LogP contribution in [-0.4, -0.2) is 0 Å². The minimum absolute atomic E-state index is 0.0816. The van der Waals surface area contributed by atoms with Gasteiger partial charge in [-0.25, -0.2) is 8.78 Å². The summed E-state index contributed by atoms with van der Waals surface area (Å²) in [6, 6.07) is 12.2. The van der Waals surface area contributed by atoms with Crippen molar-refractivity contribution in [3.63, 3.8) is 0 Å². The fourth-order valence-corrected chi connectivity index (χ4v) is 1.90. The Hall–Kier alpha value is -2.10. The molecule has 4 heteroatoms. The SMILES string of the molecule is CCc1cccc(Nc2ccc(N)cc2C(F)F)c1. The molecule has 100 valence electrons. The number of nitrogen functional groups attached to an aromatic ring is 1. The Morgan fingerprint density at radius 1 is 1.16 bits per heavy atom. The molecule has 0 aliphatic rings. The number of hydrogen-bond acceptors (Lipinski definition) is 2. The molecule has 0 saturated carbocycles. The molecule has 0 heterocycles. The third-order valence-electron chi connectivity index (χ3n) is 2.92. The van der Waals surface area contributed by atoms with Crippen LogP contribution in [0.4, 0.5) is 25.8 Å². The molecule has 0 aliphatic carbocycles. The van der Waals surface area contributed by atoms with E-state index < -0.39 is 6.43 Å². The van der Waals surface area contributed by atoms with Gasteiger partial charge in [-0.2, -0.15) is 0 Å². The molecular formula is C15H16F2N2. The van der Waals surface area contributed by atoms with Crippen LogP contribution in [0.25, 0.3) is 0 Å². The molecule has 0 aromatic heterocycles. The highest BCUT2D eigenvalue weighted by Crippen LogP contribution is 2.31. The van der Waals surface area contributed by atoms with Crippen molar-refractivity contribution >= 4 is 17.1 Å². The molecule has 2 aromatic rings. The van der Waals surface area contributed by atoms with Gasteiger partial charge < -0.3 is 11.1 Å². The van der Waals surface area contributed by atoms with Crippen LogP contribution in [0.3, 0.4) is 0 Å². The molecule has 2 nitrogen and oxygen atoms in total. The Kier molecular flexibility index (Phi) is 4.00. The molecule has 0 atom stereocenters. The third-order valence-corrected chi connectivity index (χ3v) is 2.92. The fraction of sp³-hybridized carbons (Fsp3) is 0.200. The number of aryl methyl sites for hydroxylation is 1. The minimum Gasteiger partial charge on any atom is -0.399 e. The van der Waals surface area contributed by atoms with Crippen LogP contribution in [0, 0.1) is 0 Å². The molecule has 0 amide bonds. The molecule has 2 rings (SSSR count). The number of anilines is 3. The van der Waals surface area contributed by atoms with Crippen molar-refractivity contribution in [2.75, 3.05) is 11.1 Å². The van der Waals surface area contributed by atoms with Gasteiger partial charge in [-0.1, -0.05) is 19.1 Å². The van der Waals surface area contributed by atoms with Crippen molar-refractivity contribution in [1.29, 1.82) is 0 Å². The monoisotopic (exact) mass is 262 g/mol. The van der Waals surface area contributed by atoms with Gasteiger partial charge in [0, 0.05) is 22.6 Å². The predicted molar refractivity (Wildman–Crippen MR) is 74.9 cm³/mol. The van der Waals surface area contributed by atoms with Crippen molar-refractivity contribution in [2.45, 2.75) is 19.8 Å². The van der Waals surface area contributed by atoms with Crippen LogP contribution in [-0.2, 0) is 6.42 Å². The van der Waals surface area contributed by atoms with E-state index in [1.165, 1.54) is 6.07 Å². The topological polar surface area (TPSA) is 38.0 Å². The van der Waals surface area contributed by atoms with Crippen LogP contribution in [0.1, 0.15) is 24.5 Å². The smallest absolute Gasteiger partial charge is 0.265 e. The number of rotatable bonds is 4. The second kappa shape index (κ2) is 5.69. The van der Waals surface area contributed by atoms with Gasteiger partial charge in [0.1, 0.15) is 0 Å². The van der Waals surface area contributed by atoms with Crippen molar-refractivity contribution in [3.8, 4) is 0 Å². The summed E-state index contributed by atoms with van der Waals surface area (Å²) in [5, 5.41) is 3.02. The molecule has 0 aliphatic heterocycles. The second-order valence-corrected chi connectivity index (χ2v) is 4.33. The van der Waals surface area contributed by atoms with Gasteiger partial charge in [-0.15, -0.1) is 0 Å². The first-order valence-electron chi connectivity index (χ1n) is 6.13. The van der Waals surface area contributed by atoms with Crippen LogP contribution in [0.15, 0.2) is 42.5 Å². The van der Waals surface area contributed by atoms with Gasteiger partial charge in [-0.3, -0.25) is 0 Å². The summed E-state index contributed by atoms with van der Waals surface area (Å²) >= 11 is 0. The van der Waals surface area contributed by atoms with Crippen molar-refractivity contribution in [2.24, 2.45) is 0 Å². The van der Waals surface area contributed by atoms with E-state index in [9.17, 15) is 8.78 Å². The summed E-state index contributed by atoms with van der Waals surface area (Å²) in [7, 11) is 0. The van der Waals surface area contributed by atoms with Gasteiger partial charge in [0.05, 0.1) is 0 Å². The lowest BCUT2D eigenvalue weighted by Gasteiger charge is -2.13. The Labute approximate surface area is 111 Å². The number of nitrogens with two attached hydrogens (primary N) is 1. The molecule has 0 unspecified atom stereocenters. The Morgan fingerprint density at radius 2 is 1.95 bits per heavy atom. The first kappa shape index (κ1) is 13.3. The van der Waals surface area contributed by atoms with E-state index in [1.54, 1.807) is 12.1 Å². The zero-order valence-electron chi connectivity index (χ0n) is 10.7. The summed E-state index contributed by atoms with van der Waals surface area (Å²) < 4.78 is 25.9. The minimum atomic E-state index is -2.56. The standard InChI is InChI=1S/C15H16F2N2/c1-2-10-4-3-5-12(8-10)19-14-7-6-11(18)9-13(14)15(16)17/h3-9,15,19H,2,18H2,1H3. The molecule has 0 radical (unpaired) electrons. The van der Waals surface area contributed by atoms with E-state index in [4.69, 9.17) is 5.73 Å². The van der Waals surface area contributed by atoms with Crippen LogP contribution < -0.4 is 11.1 Å². The lowest BCUT2D eigenvalue weighted by atomic mass is 10.1. The average Bonchev–Trinajstić information content (AvgIpc) is 2.41. The predicted octanol–water partition coefficient (Wildman–Crippen LogP) is 4.51. The Morgan fingerprint density at radius 3 is 2.63 bits per heavy atom. The summed E-state index contributed by atoms with van der Waals surface area (Å²) in [4.78, 5) is 0. The zero-order chi connectivity index (χ0) is 13.8. The van der Waals surface area contributed by atoms with E-state index in [0.717, 1.165) is 17.7 Å². The summed E-state index contributed by atoms with van der Waals surface area (Å²) in [5.41, 5.74) is 8.13. The Bertz CT molecular complexity index is 568. The van der Waals surface area contributed by atoms with Gasteiger partial charge in [0.25, 0.3) is 6.43 Å². The molecule has 0 spiro atoms. The second-order valence-electron chi connectivity index (χ2n) is 4.33. The summed E-state index contributed by atoms with van der Waals surface area (Å²) in [5.74, 6) is 0. The van der Waals surface area contributed by atoms with Gasteiger partial charge in [-0.05, 0) is 42.3 Å². The van der Waals surface area contributed by atoms with Crippen molar-refractivity contribution in [3.05, 3.63) is 53.6 Å². The first-order valence-corrected chi connectivity index (χ1v) is 6.13. The molecule has 2 aromatic carbocycles. The van der Waals surface area contributed by atoms with Crippen LogP contribution in [0.2, 0.25) is 0 Å². The summed E-state index contributed by atoms with van der Waals surface area (Å²) in [6.45, 7) is 2.05. The highest BCUT2D eigenvalue weighted by Gasteiger charge is 2.13. The van der Waals surface area contributed by atoms with Gasteiger partial charge >= 0.3 is 0 Å². The van der Waals surface area contributed by atoms with Gasteiger partial charge in [0.2, 0.25) is 0 Å². The van der Waals surface area contributed by atoms with Crippen LogP contribution in [0.5, 0.6) is 0 Å². The maximum Gasteiger partial charge on any atom is 0.265 e.